The number of carboxylic acids is 1. The molecule has 0 aliphatic carbocycles. The number of benzene rings is 2. The number of methoxy groups -OCH3 is 2. The summed E-state index contributed by atoms with van der Waals surface area (Å²) in [6, 6.07) is 8.60. The van der Waals surface area contributed by atoms with E-state index in [0.717, 1.165) is 17.0 Å². The van der Waals surface area contributed by atoms with Gasteiger partial charge in [0, 0.05) is 18.2 Å². The lowest BCUT2D eigenvalue weighted by Gasteiger charge is -2.22. The summed E-state index contributed by atoms with van der Waals surface area (Å²) in [5, 5.41) is 9.12. The summed E-state index contributed by atoms with van der Waals surface area (Å²) in [4.78, 5) is 24.8. The maximum absolute atomic E-state index is 12.9. The summed E-state index contributed by atoms with van der Waals surface area (Å²) < 4.78 is 49.0. The van der Waals surface area contributed by atoms with Gasteiger partial charge in [-0.25, -0.2) is 0 Å². The molecule has 6 nitrogen and oxygen atoms in total. The number of aliphatic carboxylic acids is 1. The fourth-order valence-electron chi connectivity index (χ4n) is 2.55. The van der Waals surface area contributed by atoms with Crippen LogP contribution in [0, 0.1) is 0 Å². The maximum atomic E-state index is 12.9. The summed E-state index contributed by atoms with van der Waals surface area (Å²) in [6.45, 7) is -0.844. The van der Waals surface area contributed by atoms with Crippen LogP contribution >= 0.6 is 0 Å². The van der Waals surface area contributed by atoms with Gasteiger partial charge in [-0.3, -0.25) is 9.59 Å². The molecular formula is C19H18F3NO5. The zero-order valence-electron chi connectivity index (χ0n) is 15.1. The van der Waals surface area contributed by atoms with Gasteiger partial charge in [0.25, 0.3) is 5.91 Å². The van der Waals surface area contributed by atoms with Crippen molar-refractivity contribution in [1.29, 1.82) is 0 Å². The lowest BCUT2D eigenvalue weighted by atomic mass is 10.1. The monoisotopic (exact) mass is 397 g/mol. The number of hydrogen-bond acceptors (Lipinski definition) is 4. The Morgan fingerprint density at radius 2 is 1.64 bits per heavy atom. The molecule has 0 radical (unpaired) electrons. The second-order valence-electron chi connectivity index (χ2n) is 5.85. The molecule has 0 bridgehead atoms. The highest BCUT2D eigenvalue weighted by molar-refractivity contribution is 5.96. The molecule has 2 aromatic carbocycles. The molecule has 2 rings (SSSR count). The van der Waals surface area contributed by atoms with Gasteiger partial charge in [0.2, 0.25) is 0 Å². The highest BCUT2D eigenvalue weighted by atomic mass is 19.4. The van der Waals surface area contributed by atoms with E-state index in [-0.39, 0.29) is 12.1 Å². The number of halogens is 3. The van der Waals surface area contributed by atoms with Crippen molar-refractivity contribution in [2.45, 2.75) is 12.7 Å². The van der Waals surface area contributed by atoms with Crippen molar-refractivity contribution in [2.75, 3.05) is 20.8 Å². The first-order valence-corrected chi connectivity index (χ1v) is 8.04. The Balaban J connectivity index is 2.36. The molecule has 1 amide bonds. The molecule has 2 aromatic rings. The molecule has 0 spiro atoms. The SMILES string of the molecule is COc1cc(CN(CC(=O)O)C(=O)c2cccc(C(F)(F)F)c2)cc(OC)c1. The Morgan fingerprint density at radius 1 is 1.04 bits per heavy atom. The number of rotatable bonds is 7. The zero-order valence-corrected chi connectivity index (χ0v) is 15.1. The third-order valence-corrected chi connectivity index (χ3v) is 3.83. The summed E-state index contributed by atoms with van der Waals surface area (Å²) in [5.41, 5.74) is -0.750. The van der Waals surface area contributed by atoms with Crippen LogP contribution in [0.2, 0.25) is 0 Å². The second kappa shape index (κ2) is 8.64. The molecule has 1 N–H and O–H groups in total. The van der Waals surface area contributed by atoms with E-state index < -0.39 is 30.2 Å². The standard InChI is InChI=1S/C19H18F3NO5/c1-27-15-6-12(7-16(9-15)28-2)10-23(11-17(24)25)18(26)13-4-3-5-14(8-13)19(20,21)22/h3-9H,10-11H2,1-2H3,(H,24,25). The number of ether oxygens (including phenoxy) is 2. The Kier molecular flexibility index (Phi) is 6.50. The molecule has 0 aliphatic rings. The second-order valence-corrected chi connectivity index (χ2v) is 5.85. The van der Waals surface area contributed by atoms with Crippen molar-refractivity contribution in [3.63, 3.8) is 0 Å². The predicted molar refractivity (Wildman–Crippen MR) is 93.4 cm³/mol. The smallest absolute Gasteiger partial charge is 0.416 e. The zero-order chi connectivity index (χ0) is 20.9. The molecule has 9 heteroatoms. The van der Waals surface area contributed by atoms with Gasteiger partial charge in [0.1, 0.15) is 18.0 Å². The van der Waals surface area contributed by atoms with Crippen LogP contribution in [0.1, 0.15) is 21.5 Å². The predicted octanol–water partition coefficient (Wildman–Crippen LogP) is 3.45. The topological polar surface area (TPSA) is 76.1 Å². The van der Waals surface area contributed by atoms with Crippen LogP contribution in [0.3, 0.4) is 0 Å². The van der Waals surface area contributed by atoms with Crippen LogP contribution in [0.15, 0.2) is 42.5 Å². The minimum atomic E-state index is -4.62. The van der Waals surface area contributed by atoms with Crippen molar-refractivity contribution < 1.29 is 37.3 Å². The Morgan fingerprint density at radius 3 is 2.14 bits per heavy atom. The average molecular weight is 397 g/mol. The first kappa shape index (κ1) is 21.1. The van der Waals surface area contributed by atoms with Gasteiger partial charge in [-0.2, -0.15) is 13.2 Å². The number of carbonyl (C=O) groups is 2. The highest BCUT2D eigenvalue weighted by Crippen LogP contribution is 2.30. The van der Waals surface area contributed by atoms with Crippen LogP contribution in [0.4, 0.5) is 13.2 Å². The van der Waals surface area contributed by atoms with Crippen molar-refractivity contribution in [3.8, 4) is 11.5 Å². The molecule has 150 valence electrons. The average Bonchev–Trinajstić information content (AvgIpc) is 2.65. The van der Waals surface area contributed by atoms with Gasteiger partial charge in [0.05, 0.1) is 19.8 Å². The van der Waals surface area contributed by atoms with Crippen LogP contribution < -0.4 is 9.47 Å². The number of carbonyl (C=O) groups excluding carboxylic acids is 1. The van der Waals surface area contributed by atoms with Gasteiger partial charge in [-0.15, -0.1) is 0 Å². The first-order chi connectivity index (χ1) is 13.1. The summed E-state index contributed by atoms with van der Waals surface area (Å²) in [7, 11) is 2.86. The minimum Gasteiger partial charge on any atom is -0.497 e. The molecule has 0 aromatic heterocycles. The molecule has 0 atom stereocenters. The molecule has 0 saturated carbocycles. The molecule has 0 heterocycles. The minimum absolute atomic E-state index is 0.158. The Labute approximate surface area is 159 Å². The van der Waals surface area contributed by atoms with Crippen molar-refractivity contribution in [2.24, 2.45) is 0 Å². The van der Waals surface area contributed by atoms with Gasteiger partial charge >= 0.3 is 12.1 Å². The molecular weight excluding hydrogens is 379 g/mol. The van der Waals surface area contributed by atoms with E-state index in [0.29, 0.717) is 23.1 Å². The fourth-order valence-corrected chi connectivity index (χ4v) is 2.55. The lowest BCUT2D eigenvalue weighted by molar-refractivity contribution is -0.138. The van der Waals surface area contributed by atoms with Crippen LogP contribution in [0.25, 0.3) is 0 Å². The highest BCUT2D eigenvalue weighted by Gasteiger charge is 2.31. The summed E-state index contributed by atoms with van der Waals surface area (Å²) in [5.74, 6) is -1.28. The molecule has 0 fully saturated rings. The quantitative estimate of drug-likeness (QED) is 0.775. The van der Waals surface area contributed by atoms with E-state index in [1.165, 1.54) is 20.3 Å². The van der Waals surface area contributed by atoms with E-state index in [4.69, 9.17) is 14.6 Å². The van der Waals surface area contributed by atoms with E-state index in [1.807, 2.05) is 0 Å². The molecule has 0 unspecified atom stereocenters. The van der Waals surface area contributed by atoms with Crippen LogP contribution in [0.5, 0.6) is 11.5 Å². The maximum Gasteiger partial charge on any atom is 0.416 e. The number of carboxylic acid groups (broad SMARTS) is 1. The number of alkyl halides is 3. The summed E-state index contributed by atoms with van der Waals surface area (Å²) >= 11 is 0. The third-order valence-electron chi connectivity index (χ3n) is 3.83. The first-order valence-electron chi connectivity index (χ1n) is 8.04. The van der Waals surface area contributed by atoms with Crippen molar-refractivity contribution >= 4 is 11.9 Å². The van der Waals surface area contributed by atoms with E-state index >= 15 is 0 Å². The normalized spacial score (nSPS) is 11.0. The number of hydrogen-bond donors (Lipinski definition) is 1. The van der Waals surface area contributed by atoms with Crippen LogP contribution in [-0.2, 0) is 17.5 Å². The van der Waals surface area contributed by atoms with Gasteiger partial charge in [-0.1, -0.05) is 6.07 Å². The largest absolute Gasteiger partial charge is 0.497 e. The van der Waals surface area contributed by atoms with Gasteiger partial charge < -0.3 is 19.5 Å². The summed E-state index contributed by atoms with van der Waals surface area (Å²) in [6.07, 6.45) is -4.62. The Hall–Kier alpha value is -3.23. The molecule has 28 heavy (non-hydrogen) atoms. The van der Waals surface area contributed by atoms with E-state index in [2.05, 4.69) is 0 Å². The van der Waals surface area contributed by atoms with E-state index in [9.17, 15) is 22.8 Å². The van der Waals surface area contributed by atoms with Crippen molar-refractivity contribution in [3.05, 3.63) is 59.2 Å². The molecule has 0 aliphatic heterocycles. The third kappa shape index (κ3) is 5.38. The van der Waals surface area contributed by atoms with Gasteiger partial charge in [-0.05, 0) is 35.9 Å². The van der Waals surface area contributed by atoms with E-state index in [1.54, 1.807) is 18.2 Å². The fraction of sp³-hybridized carbons (Fsp3) is 0.263. The van der Waals surface area contributed by atoms with Gasteiger partial charge in [0.15, 0.2) is 0 Å². The Bertz CT molecular complexity index is 845. The molecule has 0 saturated heterocycles. The number of nitrogens with zero attached hydrogens (tertiary/aromatic N) is 1. The lowest BCUT2D eigenvalue weighted by Crippen LogP contribution is -2.35. The van der Waals surface area contributed by atoms with Crippen molar-refractivity contribution in [1.82, 2.24) is 4.90 Å². The number of amides is 1. The van der Waals surface area contributed by atoms with Crippen LogP contribution in [-0.4, -0.2) is 42.6 Å².